The van der Waals surface area contributed by atoms with E-state index in [4.69, 9.17) is 0 Å². The van der Waals surface area contributed by atoms with E-state index < -0.39 is 0 Å². The molecule has 4 radical (unpaired) electrons. The van der Waals surface area contributed by atoms with Gasteiger partial charge in [0.05, 0.1) is 0 Å². The van der Waals surface area contributed by atoms with Crippen molar-refractivity contribution in [2.75, 3.05) is 0 Å². The van der Waals surface area contributed by atoms with Gasteiger partial charge in [0, 0.05) is 64.4 Å². The van der Waals surface area contributed by atoms with Gasteiger partial charge in [0.2, 0.25) is 0 Å². The molecule has 0 amide bonds. The largest absolute Gasteiger partial charge is 0.153 e. The third kappa shape index (κ3) is 8.82. The van der Waals surface area contributed by atoms with E-state index in [0.717, 1.165) is 0 Å². The topological polar surface area (TPSA) is 0 Å². The van der Waals surface area contributed by atoms with Crippen LogP contribution in [0.2, 0.25) is 0 Å². The molecule has 16 valence electrons. The molecule has 0 aliphatic carbocycles. The fourth-order valence-corrected chi connectivity index (χ4v) is 0. The Balaban J connectivity index is 0. The molecule has 0 saturated carbocycles. The third-order valence-corrected chi connectivity index (χ3v) is 0. The van der Waals surface area contributed by atoms with E-state index in [1.165, 1.54) is 0 Å². The minimum absolute atomic E-state index is 0. The minimum atomic E-state index is 0. The summed E-state index contributed by atoms with van der Waals surface area (Å²) in [6, 6.07) is 0. The molecule has 0 fully saturated rings. The smallest absolute Gasteiger partial charge is 0 e. The molecule has 0 N–H and O–H groups in total. The summed E-state index contributed by atoms with van der Waals surface area (Å²) >= 11 is 0. The predicted octanol–water partition coefficient (Wildman–Crippen LogP) is -0.328. The van der Waals surface area contributed by atoms with Crippen LogP contribution in [0.1, 0.15) is 0 Å². The van der Waals surface area contributed by atoms with Crippen LogP contribution in [0.3, 0.4) is 0 Å². The van der Waals surface area contributed by atoms with E-state index in [9.17, 15) is 0 Å². The zero-order valence-electron chi connectivity index (χ0n) is 2.62. The van der Waals surface area contributed by atoms with Crippen molar-refractivity contribution in [1.82, 2.24) is 0 Å². The first kappa shape index (κ1) is 31.3. The Labute approximate surface area is 73.4 Å². The third-order valence-electron chi connectivity index (χ3n) is 0. The van der Waals surface area contributed by atoms with Crippen molar-refractivity contribution in [3.8, 4) is 0 Å². The number of hydrogen-bond acceptors (Lipinski definition) is 0. The molecule has 0 aromatic carbocycles. The molecule has 0 aliphatic rings. The van der Waals surface area contributed by atoms with Gasteiger partial charge in [-0.25, -0.2) is 0 Å². The van der Waals surface area contributed by atoms with Crippen molar-refractivity contribution in [2.45, 2.75) is 0 Å². The van der Waals surface area contributed by atoms with Crippen molar-refractivity contribution in [1.29, 1.82) is 0 Å². The maximum absolute atomic E-state index is 0. The molecule has 4 heavy (non-hydrogen) atoms. The zero-order chi connectivity index (χ0) is 0. The second-order valence-corrected chi connectivity index (χ2v) is 0. The van der Waals surface area contributed by atoms with Crippen LogP contribution in [0.5, 0.6) is 0 Å². The second kappa shape index (κ2) is 17.8. The summed E-state index contributed by atoms with van der Waals surface area (Å²) in [5, 5.41) is 0. The Morgan fingerprint density at radius 2 is 1.00 bits per heavy atom. The van der Waals surface area contributed by atoms with Gasteiger partial charge < -0.3 is 0 Å². The summed E-state index contributed by atoms with van der Waals surface area (Å²) in [5.74, 6) is 0. The van der Waals surface area contributed by atoms with Gasteiger partial charge in [0.1, 0.15) is 0 Å². The minimum Gasteiger partial charge on any atom is -0.153 e. The van der Waals surface area contributed by atoms with Crippen LogP contribution in [0.4, 0.5) is 0 Å². The Morgan fingerprint density at radius 3 is 1.00 bits per heavy atom. The molecule has 0 aromatic heterocycles. The fraction of sp³-hybridized carbons (Fsp3) is 0. The van der Waals surface area contributed by atoms with Crippen LogP contribution >= 0.6 is 9.90 Å². The van der Waals surface area contributed by atoms with Gasteiger partial charge >= 0.3 is 0 Å². The van der Waals surface area contributed by atoms with Crippen LogP contribution in [0, 0.1) is 0 Å². The van der Waals surface area contributed by atoms with Gasteiger partial charge in [-0.1, -0.05) is 0 Å². The Hall–Kier alpha value is 2.52. The van der Waals surface area contributed by atoms with Crippen LogP contribution in [-0.2, 0) is 46.8 Å². The molecule has 0 nitrogen and oxygen atoms in total. The molecule has 0 spiro atoms. The first-order valence-corrected chi connectivity index (χ1v) is 0. The van der Waals surface area contributed by atoms with E-state index in [-0.39, 0.29) is 74.3 Å². The zero-order valence-corrected chi connectivity index (χ0v) is 13.1. The van der Waals surface area contributed by atoms with E-state index in [2.05, 4.69) is 0 Å². The van der Waals surface area contributed by atoms with Gasteiger partial charge in [0.15, 0.2) is 0 Å². The van der Waals surface area contributed by atoms with E-state index in [0.29, 0.717) is 0 Å². The fourth-order valence-electron chi connectivity index (χ4n) is 0. The van der Waals surface area contributed by atoms with Gasteiger partial charge in [-0.15, -0.1) is 0 Å². The molecule has 0 aromatic rings. The maximum atomic E-state index is 0. The number of hydrogen-bond donors (Lipinski definition) is 0. The molecule has 0 bridgehead atoms. The first-order chi connectivity index (χ1) is 0. The average Bonchev–Trinajstić information content (AvgIpc) is 0. The molecule has 4 heteroatoms. The summed E-state index contributed by atoms with van der Waals surface area (Å²) in [6.07, 6.45) is 0. The van der Waals surface area contributed by atoms with Gasteiger partial charge in [-0.2, -0.15) is 9.90 Å². The summed E-state index contributed by atoms with van der Waals surface area (Å²) in [7, 11) is 0. The van der Waals surface area contributed by atoms with Crippen LogP contribution < -0.4 is 0 Å². The molecule has 0 saturated heterocycles. The molecule has 0 aliphatic heterocycles. The molecule has 1 atom stereocenters. The molecule has 0 rings (SSSR count). The monoisotopic (exact) mass is 286 g/mol. The second-order valence-electron chi connectivity index (χ2n) is 0. The van der Waals surface area contributed by atoms with Crippen LogP contribution in [0.25, 0.3) is 0 Å². The van der Waals surface area contributed by atoms with E-state index >= 15 is 0 Å². The molecule has 1 unspecified atom stereocenters. The quantitative estimate of drug-likeness (QED) is 0.422. The summed E-state index contributed by atoms with van der Waals surface area (Å²) in [6.45, 7) is 0. The first-order valence-electron chi connectivity index (χ1n) is 0. The van der Waals surface area contributed by atoms with Crippen molar-refractivity contribution in [2.24, 2.45) is 0 Å². The standard InChI is InChI=1S/Cd.Ge.H3P.Zn/h;;1H3;. The SMILES string of the molecule is P.[Cd].[Ge].[Zn]. The van der Waals surface area contributed by atoms with E-state index in [1.807, 2.05) is 0 Å². The summed E-state index contributed by atoms with van der Waals surface area (Å²) in [4.78, 5) is 0. The number of rotatable bonds is 0. The maximum Gasteiger partial charge on any atom is 0 e. The molecule has 0 heterocycles. The molecular weight excluding hydrogens is 281 g/mol. The van der Waals surface area contributed by atoms with E-state index in [1.54, 1.807) is 0 Å². The Bertz CT molecular complexity index is 8.00. The van der Waals surface area contributed by atoms with Crippen LogP contribution in [0.15, 0.2) is 0 Å². The van der Waals surface area contributed by atoms with Gasteiger partial charge in [0.25, 0.3) is 0 Å². The van der Waals surface area contributed by atoms with Crippen molar-refractivity contribution in [3.63, 3.8) is 0 Å². The molecular formula is H3CdGePZn. The van der Waals surface area contributed by atoms with Crippen LogP contribution in [-0.4, -0.2) is 17.6 Å². The Kier molecular flexibility index (Phi) is 139. The van der Waals surface area contributed by atoms with Gasteiger partial charge in [-0.3, -0.25) is 0 Å². The predicted molar refractivity (Wildman–Crippen MR) is 16.9 cm³/mol. The summed E-state index contributed by atoms with van der Waals surface area (Å²) in [5.41, 5.74) is 0. The van der Waals surface area contributed by atoms with Crippen molar-refractivity contribution >= 4 is 27.5 Å². The van der Waals surface area contributed by atoms with Crippen molar-refractivity contribution < 1.29 is 46.8 Å². The normalized spacial score (nSPS) is 0. The average molecular weight is 284 g/mol. The van der Waals surface area contributed by atoms with Crippen molar-refractivity contribution in [3.05, 3.63) is 0 Å². The Morgan fingerprint density at radius 1 is 1.00 bits per heavy atom. The van der Waals surface area contributed by atoms with Gasteiger partial charge in [-0.05, 0) is 0 Å². The summed E-state index contributed by atoms with van der Waals surface area (Å²) < 4.78 is 0.